The molecule has 1 atom stereocenters. The molecule has 0 bridgehead atoms. The molecule has 2 rings (SSSR count). The van der Waals surface area contributed by atoms with Crippen LogP contribution >= 0.6 is 0 Å². The van der Waals surface area contributed by atoms with Crippen LogP contribution in [0.1, 0.15) is 25.3 Å². The standard InChI is InChI=1S/C13H14/c1-10-8-11(2)13(9-10)12-6-4-3-5-7-12/h3-9,13H,1-2H3. The van der Waals surface area contributed by atoms with Crippen molar-refractivity contribution in [2.24, 2.45) is 0 Å². The van der Waals surface area contributed by atoms with Crippen LogP contribution in [0.15, 0.2) is 53.6 Å². The maximum absolute atomic E-state index is 2.32. The second-order valence-corrected chi connectivity index (χ2v) is 3.69. The van der Waals surface area contributed by atoms with E-state index in [-0.39, 0.29) is 0 Å². The molecule has 0 radical (unpaired) electrons. The van der Waals surface area contributed by atoms with E-state index in [1.54, 1.807) is 0 Å². The molecule has 0 saturated heterocycles. The molecule has 0 fully saturated rings. The Morgan fingerprint density at radius 2 is 1.69 bits per heavy atom. The van der Waals surface area contributed by atoms with Crippen molar-refractivity contribution in [3.8, 4) is 0 Å². The lowest BCUT2D eigenvalue weighted by atomic mass is 9.95. The Balaban J connectivity index is 2.35. The first-order valence-corrected chi connectivity index (χ1v) is 4.69. The van der Waals surface area contributed by atoms with Gasteiger partial charge in [-0.25, -0.2) is 0 Å². The molecular weight excluding hydrogens is 156 g/mol. The predicted molar refractivity (Wildman–Crippen MR) is 56.7 cm³/mol. The first-order chi connectivity index (χ1) is 6.27. The largest absolute Gasteiger partial charge is 0.0700 e. The van der Waals surface area contributed by atoms with Crippen LogP contribution in [0.25, 0.3) is 0 Å². The van der Waals surface area contributed by atoms with E-state index in [0.717, 1.165) is 0 Å². The topological polar surface area (TPSA) is 0 Å². The van der Waals surface area contributed by atoms with Crippen LogP contribution in [0.4, 0.5) is 0 Å². The SMILES string of the molecule is CC1=CC(c2ccccc2)C(C)=C1. The molecule has 1 aliphatic carbocycles. The summed E-state index contributed by atoms with van der Waals surface area (Å²) in [4.78, 5) is 0. The molecule has 1 aromatic carbocycles. The molecule has 0 amide bonds. The maximum Gasteiger partial charge on any atom is 0.0234 e. The molecule has 13 heavy (non-hydrogen) atoms. The quantitative estimate of drug-likeness (QED) is 0.603. The average molecular weight is 170 g/mol. The van der Waals surface area contributed by atoms with Gasteiger partial charge in [0.25, 0.3) is 0 Å². The van der Waals surface area contributed by atoms with Crippen molar-refractivity contribution < 1.29 is 0 Å². The molecule has 0 heteroatoms. The highest BCUT2D eigenvalue weighted by molar-refractivity contribution is 5.43. The van der Waals surface area contributed by atoms with Crippen LogP contribution in [0.5, 0.6) is 0 Å². The fourth-order valence-corrected chi connectivity index (χ4v) is 1.91. The van der Waals surface area contributed by atoms with E-state index in [4.69, 9.17) is 0 Å². The van der Waals surface area contributed by atoms with Gasteiger partial charge in [-0.05, 0) is 19.4 Å². The zero-order valence-corrected chi connectivity index (χ0v) is 8.12. The molecule has 0 saturated carbocycles. The summed E-state index contributed by atoms with van der Waals surface area (Å²) in [7, 11) is 0. The molecule has 0 aliphatic heterocycles. The minimum absolute atomic E-state index is 0.515. The molecule has 1 unspecified atom stereocenters. The highest BCUT2D eigenvalue weighted by atomic mass is 14.2. The third-order valence-corrected chi connectivity index (χ3v) is 2.53. The summed E-state index contributed by atoms with van der Waals surface area (Å²) in [5, 5.41) is 0. The fraction of sp³-hybridized carbons (Fsp3) is 0.231. The highest BCUT2D eigenvalue weighted by Crippen LogP contribution is 2.32. The Kier molecular flexibility index (Phi) is 2.05. The maximum atomic E-state index is 2.32. The van der Waals surface area contributed by atoms with Crippen molar-refractivity contribution in [1.82, 2.24) is 0 Å². The van der Waals surface area contributed by atoms with Crippen molar-refractivity contribution in [2.75, 3.05) is 0 Å². The normalized spacial score (nSPS) is 21.2. The number of hydrogen-bond acceptors (Lipinski definition) is 0. The third kappa shape index (κ3) is 1.57. The highest BCUT2D eigenvalue weighted by Gasteiger charge is 2.14. The van der Waals surface area contributed by atoms with E-state index in [9.17, 15) is 0 Å². The minimum atomic E-state index is 0.515. The Labute approximate surface area is 79.6 Å². The van der Waals surface area contributed by atoms with Gasteiger partial charge >= 0.3 is 0 Å². The van der Waals surface area contributed by atoms with Crippen molar-refractivity contribution in [3.63, 3.8) is 0 Å². The summed E-state index contributed by atoms with van der Waals surface area (Å²) in [5.41, 5.74) is 4.23. The van der Waals surface area contributed by atoms with Gasteiger partial charge in [0.05, 0.1) is 0 Å². The fourth-order valence-electron chi connectivity index (χ4n) is 1.91. The zero-order valence-electron chi connectivity index (χ0n) is 8.12. The van der Waals surface area contributed by atoms with Gasteiger partial charge in [-0.3, -0.25) is 0 Å². The summed E-state index contributed by atoms with van der Waals surface area (Å²) < 4.78 is 0. The van der Waals surface area contributed by atoms with Gasteiger partial charge in [0, 0.05) is 5.92 Å². The van der Waals surface area contributed by atoms with Gasteiger partial charge in [-0.1, -0.05) is 53.6 Å². The van der Waals surface area contributed by atoms with Crippen molar-refractivity contribution in [1.29, 1.82) is 0 Å². The second kappa shape index (κ2) is 3.21. The molecule has 0 nitrogen and oxygen atoms in total. The van der Waals surface area contributed by atoms with Crippen LogP contribution in [0, 0.1) is 0 Å². The monoisotopic (exact) mass is 170 g/mol. The molecule has 0 aromatic heterocycles. The van der Waals surface area contributed by atoms with Gasteiger partial charge in [0.1, 0.15) is 0 Å². The molecule has 0 heterocycles. The van der Waals surface area contributed by atoms with Gasteiger partial charge in [-0.2, -0.15) is 0 Å². The number of hydrogen-bond donors (Lipinski definition) is 0. The van der Waals surface area contributed by atoms with Crippen molar-refractivity contribution >= 4 is 0 Å². The Morgan fingerprint density at radius 3 is 2.23 bits per heavy atom. The van der Waals surface area contributed by atoms with E-state index in [2.05, 4.69) is 56.3 Å². The van der Waals surface area contributed by atoms with Gasteiger partial charge in [0.15, 0.2) is 0 Å². The van der Waals surface area contributed by atoms with Crippen LogP contribution in [0.3, 0.4) is 0 Å². The van der Waals surface area contributed by atoms with E-state index in [1.165, 1.54) is 16.7 Å². The number of rotatable bonds is 1. The molecule has 1 aromatic rings. The summed E-state index contributed by atoms with van der Waals surface area (Å²) >= 11 is 0. The van der Waals surface area contributed by atoms with E-state index >= 15 is 0 Å². The van der Waals surface area contributed by atoms with Crippen LogP contribution in [0.2, 0.25) is 0 Å². The van der Waals surface area contributed by atoms with Crippen LogP contribution in [-0.2, 0) is 0 Å². The van der Waals surface area contributed by atoms with E-state index in [1.807, 2.05) is 0 Å². The van der Waals surface area contributed by atoms with E-state index in [0.29, 0.717) is 5.92 Å². The first kappa shape index (κ1) is 8.31. The lowest BCUT2D eigenvalue weighted by Gasteiger charge is -2.09. The minimum Gasteiger partial charge on any atom is -0.0700 e. The Bertz CT molecular complexity index is 355. The lowest BCUT2D eigenvalue weighted by molar-refractivity contribution is 1.01. The Hall–Kier alpha value is -1.30. The van der Waals surface area contributed by atoms with E-state index < -0.39 is 0 Å². The van der Waals surface area contributed by atoms with Gasteiger partial charge in [0.2, 0.25) is 0 Å². The summed E-state index contributed by atoms with van der Waals surface area (Å²) in [5.74, 6) is 0.515. The van der Waals surface area contributed by atoms with Gasteiger partial charge < -0.3 is 0 Å². The number of benzene rings is 1. The molecule has 66 valence electrons. The first-order valence-electron chi connectivity index (χ1n) is 4.69. The van der Waals surface area contributed by atoms with Crippen molar-refractivity contribution in [3.05, 3.63) is 59.2 Å². The molecule has 0 spiro atoms. The molecular formula is C13H14. The molecule has 1 aliphatic rings. The summed E-state index contributed by atoms with van der Waals surface area (Å²) in [6, 6.07) is 10.6. The summed E-state index contributed by atoms with van der Waals surface area (Å²) in [6.07, 6.45) is 4.59. The van der Waals surface area contributed by atoms with Crippen LogP contribution in [-0.4, -0.2) is 0 Å². The van der Waals surface area contributed by atoms with Crippen molar-refractivity contribution in [2.45, 2.75) is 19.8 Å². The second-order valence-electron chi connectivity index (χ2n) is 3.69. The third-order valence-electron chi connectivity index (χ3n) is 2.53. The van der Waals surface area contributed by atoms with Crippen LogP contribution < -0.4 is 0 Å². The van der Waals surface area contributed by atoms with Gasteiger partial charge in [-0.15, -0.1) is 0 Å². The smallest absolute Gasteiger partial charge is 0.0234 e. The zero-order chi connectivity index (χ0) is 9.26. The predicted octanol–water partition coefficient (Wildman–Crippen LogP) is 3.68. The Morgan fingerprint density at radius 1 is 1.00 bits per heavy atom. The number of allylic oxidation sites excluding steroid dienone is 4. The average Bonchev–Trinajstić information content (AvgIpc) is 2.47. The lowest BCUT2D eigenvalue weighted by Crippen LogP contribution is -1.92. The summed E-state index contributed by atoms with van der Waals surface area (Å²) in [6.45, 7) is 4.36. The molecule has 0 N–H and O–H groups in total.